The SMILES string of the molecule is CCOc1cc(CN(CC)Cc2cccnc2)ccc1OCC(=O)Nc1cccc(C(F)(F)F)c1. The number of nitrogens with zero attached hydrogens (tertiary/aromatic N) is 2. The van der Waals surface area contributed by atoms with E-state index in [1.165, 1.54) is 12.1 Å². The van der Waals surface area contributed by atoms with E-state index in [1.807, 2.05) is 37.4 Å². The molecule has 1 aromatic heterocycles. The molecule has 35 heavy (non-hydrogen) atoms. The van der Waals surface area contributed by atoms with Gasteiger partial charge >= 0.3 is 6.18 Å². The van der Waals surface area contributed by atoms with Gasteiger partial charge in [-0.3, -0.25) is 14.7 Å². The van der Waals surface area contributed by atoms with Crippen LogP contribution in [-0.4, -0.2) is 35.5 Å². The lowest BCUT2D eigenvalue weighted by atomic mass is 10.1. The maximum absolute atomic E-state index is 12.9. The summed E-state index contributed by atoms with van der Waals surface area (Å²) in [6.07, 6.45) is -0.904. The lowest BCUT2D eigenvalue weighted by Crippen LogP contribution is -2.22. The smallest absolute Gasteiger partial charge is 0.416 e. The van der Waals surface area contributed by atoms with Crippen LogP contribution >= 0.6 is 0 Å². The summed E-state index contributed by atoms with van der Waals surface area (Å²) in [5.41, 5.74) is 1.34. The van der Waals surface area contributed by atoms with Gasteiger partial charge in [-0.05, 0) is 61.0 Å². The number of ether oxygens (including phenoxy) is 2. The Morgan fingerprint density at radius 3 is 2.46 bits per heavy atom. The number of pyridine rings is 1. The van der Waals surface area contributed by atoms with Crippen molar-refractivity contribution >= 4 is 11.6 Å². The molecule has 0 atom stereocenters. The van der Waals surface area contributed by atoms with Gasteiger partial charge in [-0.15, -0.1) is 0 Å². The van der Waals surface area contributed by atoms with Gasteiger partial charge in [0.05, 0.1) is 12.2 Å². The topological polar surface area (TPSA) is 63.7 Å². The van der Waals surface area contributed by atoms with Crippen LogP contribution in [0, 0.1) is 0 Å². The Bertz CT molecular complexity index is 1110. The number of hydrogen-bond acceptors (Lipinski definition) is 5. The van der Waals surface area contributed by atoms with Crippen LogP contribution in [0.2, 0.25) is 0 Å². The zero-order valence-corrected chi connectivity index (χ0v) is 19.6. The van der Waals surface area contributed by atoms with Crippen molar-refractivity contribution in [3.8, 4) is 11.5 Å². The number of carbonyl (C=O) groups is 1. The van der Waals surface area contributed by atoms with Crippen molar-refractivity contribution in [2.24, 2.45) is 0 Å². The number of anilines is 1. The molecule has 1 amide bonds. The second-order valence-electron chi connectivity index (χ2n) is 7.79. The number of rotatable bonds is 11. The van der Waals surface area contributed by atoms with Crippen molar-refractivity contribution in [3.05, 3.63) is 83.7 Å². The molecule has 0 saturated carbocycles. The fourth-order valence-corrected chi connectivity index (χ4v) is 3.44. The van der Waals surface area contributed by atoms with Gasteiger partial charge in [0.2, 0.25) is 0 Å². The van der Waals surface area contributed by atoms with E-state index in [2.05, 4.69) is 22.1 Å². The predicted octanol–water partition coefficient (Wildman–Crippen LogP) is 5.54. The van der Waals surface area contributed by atoms with Gasteiger partial charge in [-0.1, -0.05) is 25.1 Å². The molecule has 0 aliphatic heterocycles. The maximum Gasteiger partial charge on any atom is 0.416 e. The molecule has 0 aliphatic carbocycles. The molecular weight excluding hydrogens is 459 g/mol. The molecule has 2 aromatic carbocycles. The first kappa shape index (κ1) is 26.0. The molecule has 186 valence electrons. The van der Waals surface area contributed by atoms with Crippen LogP contribution in [0.5, 0.6) is 11.5 Å². The average Bonchev–Trinajstić information content (AvgIpc) is 2.83. The van der Waals surface area contributed by atoms with Crippen LogP contribution in [0.1, 0.15) is 30.5 Å². The highest BCUT2D eigenvalue weighted by molar-refractivity contribution is 5.92. The van der Waals surface area contributed by atoms with Gasteiger partial charge in [-0.2, -0.15) is 13.2 Å². The Balaban J connectivity index is 1.62. The fraction of sp³-hybridized carbons (Fsp3) is 0.308. The lowest BCUT2D eigenvalue weighted by Gasteiger charge is -2.21. The van der Waals surface area contributed by atoms with Crippen LogP contribution in [0.25, 0.3) is 0 Å². The van der Waals surface area contributed by atoms with Crippen LogP contribution in [0.15, 0.2) is 67.0 Å². The van der Waals surface area contributed by atoms with Gasteiger partial charge in [0.25, 0.3) is 5.91 Å². The van der Waals surface area contributed by atoms with Gasteiger partial charge in [0.1, 0.15) is 0 Å². The van der Waals surface area contributed by atoms with E-state index in [-0.39, 0.29) is 12.3 Å². The van der Waals surface area contributed by atoms with Gasteiger partial charge in [0, 0.05) is 31.2 Å². The number of alkyl halides is 3. The number of amides is 1. The van der Waals surface area contributed by atoms with Gasteiger partial charge in [-0.25, -0.2) is 0 Å². The molecule has 0 bridgehead atoms. The van der Waals surface area contributed by atoms with E-state index in [0.29, 0.717) is 24.7 Å². The molecule has 1 N–H and O–H groups in total. The van der Waals surface area contributed by atoms with Crippen LogP contribution in [0.3, 0.4) is 0 Å². The third-order valence-corrected chi connectivity index (χ3v) is 5.12. The molecular formula is C26H28F3N3O3. The zero-order chi connectivity index (χ0) is 25.3. The van der Waals surface area contributed by atoms with E-state index in [4.69, 9.17) is 9.47 Å². The van der Waals surface area contributed by atoms with Crippen molar-refractivity contribution in [2.75, 3.05) is 25.1 Å². The predicted molar refractivity (Wildman–Crippen MR) is 127 cm³/mol. The molecule has 3 aromatic rings. The Morgan fingerprint density at radius 1 is 0.971 bits per heavy atom. The first-order chi connectivity index (χ1) is 16.8. The molecule has 0 aliphatic rings. The van der Waals surface area contributed by atoms with Crippen molar-refractivity contribution < 1.29 is 27.4 Å². The molecule has 0 radical (unpaired) electrons. The number of aromatic nitrogens is 1. The molecule has 6 nitrogen and oxygen atoms in total. The first-order valence-electron chi connectivity index (χ1n) is 11.3. The monoisotopic (exact) mass is 487 g/mol. The Hall–Kier alpha value is -3.59. The van der Waals surface area contributed by atoms with E-state index in [1.54, 1.807) is 12.3 Å². The summed E-state index contributed by atoms with van der Waals surface area (Å²) in [6, 6.07) is 13.9. The minimum absolute atomic E-state index is 0.0436. The minimum Gasteiger partial charge on any atom is -0.490 e. The quantitative estimate of drug-likeness (QED) is 0.385. The second kappa shape index (κ2) is 12.2. The van der Waals surface area contributed by atoms with Gasteiger partial charge in [0.15, 0.2) is 18.1 Å². The molecule has 1 heterocycles. The summed E-state index contributed by atoms with van der Waals surface area (Å²) in [6.45, 7) is 6.23. The largest absolute Gasteiger partial charge is 0.490 e. The summed E-state index contributed by atoms with van der Waals surface area (Å²) in [7, 11) is 0. The average molecular weight is 488 g/mol. The zero-order valence-electron chi connectivity index (χ0n) is 19.6. The third kappa shape index (κ3) is 7.99. The Morgan fingerprint density at radius 2 is 1.77 bits per heavy atom. The number of hydrogen-bond donors (Lipinski definition) is 1. The van der Waals surface area contributed by atoms with Crippen LogP contribution < -0.4 is 14.8 Å². The van der Waals surface area contributed by atoms with Crippen molar-refractivity contribution in [1.29, 1.82) is 0 Å². The number of benzene rings is 2. The summed E-state index contributed by atoms with van der Waals surface area (Å²) in [4.78, 5) is 18.7. The molecule has 0 saturated heterocycles. The molecule has 0 spiro atoms. The third-order valence-electron chi connectivity index (χ3n) is 5.12. The summed E-state index contributed by atoms with van der Waals surface area (Å²) >= 11 is 0. The second-order valence-corrected chi connectivity index (χ2v) is 7.79. The molecule has 9 heteroatoms. The van der Waals surface area contributed by atoms with Crippen molar-refractivity contribution in [2.45, 2.75) is 33.1 Å². The highest BCUT2D eigenvalue weighted by atomic mass is 19.4. The van der Waals surface area contributed by atoms with E-state index in [0.717, 1.165) is 36.3 Å². The fourth-order valence-electron chi connectivity index (χ4n) is 3.44. The normalized spacial score (nSPS) is 11.4. The maximum atomic E-state index is 12.9. The number of nitrogens with one attached hydrogen (secondary N) is 1. The lowest BCUT2D eigenvalue weighted by molar-refractivity contribution is -0.137. The number of carbonyl (C=O) groups excluding carboxylic acids is 1. The van der Waals surface area contributed by atoms with Gasteiger partial charge < -0.3 is 14.8 Å². The summed E-state index contributed by atoms with van der Waals surface area (Å²) < 4.78 is 50.0. The van der Waals surface area contributed by atoms with Crippen LogP contribution in [-0.2, 0) is 24.1 Å². The standard InChI is InChI=1S/C26H28F3N3O3/c1-3-32(17-20-7-6-12-30-15-20)16-19-10-11-23(24(13-19)34-4-2)35-18-25(33)31-22-9-5-8-21(14-22)26(27,28)29/h5-15H,3-4,16-18H2,1-2H3,(H,31,33). The van der Waals surface area contributed by atoms with Crippen LogP contribution in [0.4, 0.5) is 18.9 Å². The van der Waals surface area contributed by atoms with Crippen molar-refractivity contribution in [1.82, 2.24) is 9.88 Å². The highest BCUT2D eigenvalue weighted by Gasteiger charge is 2.30. The molecule has 0 unspecified atom stereocenters. The molecule has 3 rings (SSSR count). The van der Waals surface area contributed by atoms with E-state index < -0.39 is 17.6 Å². The number of halogens is 3. The summed E-state index contributed by atoms with van der Waals surface area (Å²) in [5, 5.41) is 2.43. The van der Waals surface area contributed by atoms with Crippen molar-refractivity contribution in [3.63, 3.8) is 0 Å². The minimum atomic E-state index is -4.49. The molecule has 0 fully saturated rings. The van der Waals surface area contributed by atoms with E-state index >= 15 is 0 Å². The summed E-state index contributed by atoms with van der Waals surface area (Å²) in [5.74, 6) is 0.295. The first-order valence-corrected chi connectivity index (χ1v) is 11.3. The van der Waals surface area contributed by atoms with E-state index in [9.17, 15) is 18.0 Å². The Kier molecular flexibility index (Phi) is 9.08. The highest BCUT2D eigenvalue weighted by Crippen LogP contribution is 2.31. The Labute approximate surface area is 202 Å².